The molecule has 0 aliphatic rings. The number of nitrogens with zero attached hydrogens (tertiary/aromatic N) is 2. The van der Waals surface area contributed by atoms with Crippen molar-refractivity contribution in [3.05, 3.63) is 96.1 Å². The number of anilines is 1. The Morgan fingerprint density at radius 3 is 2.50 bits per heavy atom. The number of carbonyl (C=O) groups excluding carboxylic acids is 2. The van der Waals surface area contributed by atoms with E-state index in [0.717, 1.165) is 5.75 Å². The highest BCUT2D eigenvalue weighted by molar-refractivity contribution is 5.95. The lowest BCUT2D eigenvalue weighted by atomic mass is 10.1. The molecule has 0 atom stereocenters. The minimum absolute atomic E-state index is 0.184. The Morgan fingerprint density at radius 1 is 0.971 bits per heavy atom. The van der Waals surface area contributed by atoms with Crippen molar-refractivity contribution >= 4 is 17.5 Å². The molecule has 2 amide bonds. The molecule has 2 heterocycles. The van der Waals surface area contributed by atoms with Crippen molar-refractivity contribution in [1.82, 2.24) is 15.3 Å². The summed E-state index contributed by atoms with van der Waals surface area (Å²) < 4.78 is 11.4. The van der Waals surface area contributed by atoms with Crippen LogP contribution in [0.1, 0.15) is 28.2 Å². The maximum Gasteiger partial charge on any atom is 0.251 e. The highest BCUT2D eigenvalue weighted by atomic mass is 16.5. The van der Waals surface area contributed by atoms with Crippen molar-refractivity contribution in [1.29, 1.82) is 0 Å². The Labute approximate surface area is 197 Å². The molecule has 8 nitrogen and oxygen atoms in total. The first-order valence-electron chi connectivity index (χ1n) is 10.8. The van der Waals surface area contributed by atoms with E-state index < -0.39 is 0 Å². The van der Waals surface area contributed by atoms with Gasteiger partial charge in [-0.1, -0.05) is 30.3 Å². The second-order valence-corrected chi connectivity index (χ2v) is 7.45. The number of aryl methyl sites for hydroxylation is 1. The standard InChI is InChI=1S/C26H24N4O4/c1-18-23(17-28-25(32)19-11-14-27-15-12-19)30-26(34-18)21-9-5-6-10-22(21)29-24(31)13-16-33-20-7-3-2-4-8-20/h2-12,14-15H,13,16-17H2,1H3,(H,28,32)(H,29,31). The molecule has 4 aromatic rings. The van der Waals surface area contributed by atoms with Gasteiger partial charge in [0.25, 0.3) is 5.91 Å². The molecule has 0 fully saturated rings. The molecule has 8 heteroatoms. The first-order chi connectivity index (χ1) is 16.6. The molecular formula is C26H24N4O4. The predicted molar refractivity (Wildman–Crippen MR) is 127 cm³/mol. The van der Waals surface area contributed by atoms with Crippen LogP contribution in [-0.4, -0.2) is 28.4 Å². The van der Waals surface area contributed by atoms with E-state index in [4.69, 9.17) is 9.15 Å². The summed E-state index contributed by atoms with van der Waals surface area (Å²) in [5.41, 5.74) is 2.35. The van der Waals surface area contributed by atoms with Gasteiger partial charge in [0.1, 0.15) is 17.2 Å². The zero-order valence-corrected chi connectivity index (χ0v) is 18.7. The van der Waals surface area contributed by atoms with Crippen LogP contribution in [0.15, 0.2) is 83.5 Å². The van der Waals surface area contributed by atoms with Crippen LogP contribution >= 0.6 is 0 Å². The van der Waals surface area contributed by atoms with E-state index in [-0.39, 0.29) is 31.4 Å². The molecule has 172 valence electrons. The Morgan fingerprint density at radius 2 is 1.71 bits per heavy atom. The molecule has 2 aromatic carbocycles. The lowest BCUT2D eigenvalue weighted by Crippen LogP contribution is -2.23. The summed E-state index contributed by atoms with van der Waals surface area (Å²) in [6.07, 6.45) is 3.32. The summed E-state index contributed by atoms with van der Waals surface area (Å²) in [5.74, 6) is 1.26. The topological polar surface area (TPSA) is 106 Å². The van der Waals surface area contributed by atoms with Crippen molar-refractivity contribution in [2.45, 2.75) is 19.9 Å². The largest absolute Gasteiger partial charge is 0.493 e. The number of pyridine rings is 1. The molecule has 0 spiro atoms. The first-order valence-corrected chi connectivity index (χ1v) is 10.8. The third-order valence-electron chi connectivity index (χ3n) is 5.02. The molecule has 2 aromatic heterocycles. The van der Waals surface area contributed by atoms with Gasteiger partial charge in [0.15, 0.2) is 0 Å². The van der Waals surface area contributed by atoms with Gasteiger partial charge in [0.05, 0.1) is 30.8 Å². The molecule has 34 heavy (non-hydrogen) atoms. The summed E-state index contributed by atoms with van der Waals surface area (Å²) >= 11 is 0. The summed E-state index contributed by atoms with van der Waals surface area (Å²) in [4.78, 5) is 33.2. The number of amides is 2. The quantitative estimate of drug-likeness (QED) is 0.387. The van der Waals surface area contributed by atoms with E-state index in [2.05, 4.69) is 20.6 Å². The number of aromatic nitrogens is 2. The van der Waals surface area contributed by atoms with Crippen molar-refractivity contribution in [2.75, 3.05) is 11.9 Å². The molecule has 2 N–H and O–H groups in total. The Balaban J connectivity index is 1.39. The zero-order valence-electron chi connectivity index (χ0n) is 18.7. The van der Waals surface area contributed by atoms with E-state index in [1.54, 1.807) is 37.5 Å². The Hall–Kier alpha value is -4.46. The number of rotatable bonds is 9. The van der Waals surface area contributed by atoms with Crippen LogP contribution in [0.5, 0.6) is 5.75 Å². The second-order valence-electron chi connectivity index (χ2n) is 7.45. The van der Waals surface area contributed by atoms with Crippen molar-refractivity contribution in [3.63, 3.8) is 0 Å². The highest BCUT2D eigenvalue weighted by Crippen LogP contribution is 2.29. The highest BCUT2D eigenvalue weighted by Gasteiger charge is 2.16. The predicted octanol–water partition coefficient (Wildman–Crippen LogP) is 4.38. The van der Waals surface area contributed by atoms with Gasteiger partial charge in [-0.15, -0.1) is 0 Å². The molecule has 0 saturated carbocycles. The van der Waals surface area contributed by atoms with E-state index in [9.17, 15) is 9.59 Å². The Kier molecular flexibility index (Phi) is 7.29. The van der Waals surface area contributed by atoms with Crippen molar-refractivity contribution < 1.29 is 18.7 Å². The average molecular weight is 457 g/mol. The van der Waals surface area contributed by atoms with Crippen molar-refractivity contribution in [2.24, 2.45) is 0 Å². The molecule has 0 radical (unpaired) electrons. The number of benzene rings is 2. The van der Waals surface area contributed by atoms with Crippen LogP contribution in [0.3, 0.4) is 0 Å². The smallest absolute Gasteiger partial charge is 0.251 e. The molecule has 0 saturated heterocycles. The maximum absolute atomic E-state index is 12.5. The fraction of sp³-hybridized carbons (Fsp3) is 0.154. The molecular weight excluding hydrogens is 432 g/mol. The van der Waals surface area contributed by atoms with Crippen LogP contribution in [0, 0.1) is 6.92 Å². The molecule has 0 bridgehead atoms. The van der Waals surface area contributed by atoms with Gasteiger partial charge < -0.3 is 19.8 Å². The first kappa shape index (κ1) is 22.7. The van der Waals surface area contributed by atoms with E-state index >= 15 is 0 Å². The summed E-state index contributed by atoms with van der Waals surface area (Å²) in [6.45, 7) is 2.26. The summed E-state index contributed by atoms with van der Waals surface area (Å²) in [5, 5.41) is 5.73. The molecule has 0 aliphatic heterocycles. The third kappa shape index (κ3) is 5.86. The average Bonchev–Trinajstić information content (AvgIpc) is 3.24. The van der Waals surface area contributed by atoms with E-state index in [1.807, 2.05) is 48.5 Å². The molecule has 0 aliphatic carbocycles. The van der Waals surface area contributed by atoms with Gasteiger partial charge in [-0.25, -0.2) is 4.98 Å². The fourth-order valence-corrected chi connectivity index (χ4v) is 3.25. The lowest BCUT2D eigenvalue weighted by molar-refractivity contribution is -0.116. The van der Waals surface area contributed by atoms with Crippen LogP contribution in [0.4, 0.5) is 5.69 Å². The monoisotopic (exact) mass is 456 g/mol. The number of oxazole rings is 1. The van der Waals surface area contributed by atoms with Gasteiger partial charge >= 0.3 is 0 Å². The van der Waals surface area contributed by atoms with Gasteiger partial charge in [0, 0.05) is 18.0 Å². The van der Waals surface area contributed by atoms with Crippen LogP contribution in [0.25, 0.3) is 11.5 Å². The number of para-hydroxylation sites is 2. The number of hydrogen-bond donors (Lipinski definition) is 2. The summed E-state index contributed by atoms with van der Waals surface area (Å²) in [6, 6.07) is 19.9. The number of hydrogen-bond acceptors (Lipinski definition) is 6. The SMILES string of the molecule is Cc1oc(-c2ccccc2NC(=O)CCOc2ccccc2)nc1CNC(=O)c1ccncc1. The summed E-state index contributed by atoms with van der Waals surface area (Å²) in [7, 11) is 0. The van der Waals surface area contributed by atoms with Gasteiger partial charge in [-0.05, 0) is 43.3 Å². The maximum atomic E-state index is 12.5. The van der Waals surface area contributed by atoms with Gasteiger partial charge in [-0.3, -0.25) is 14.6 Å². The minimum atomic E-state index is -0.225. The lowest BCUT2D eigenvalue weighted by Gasteiger charge is -2.09. The van der Waals surface area contributed by atoms with Crippen molar-refractivity contribution in [3.8, 4) is 17.2 Å². The van der Waals surface area contributed by atoms with E-state index in [0.29, 0.717) is 34.2 Å². The van der Waals surface area contributed by atoms with Gasteiger partial charge in [0.2, 0.25) is 11.8 Å². The van der Waals surface area contributed by atoms with Crippen LogP contribution < -0.4 is 15.4 Å². The van der Waals surface area contributed by atoms with Crippen LogP contribution in [-0.2, 0) is 11.3 Å². The molecule has 0 unspecified atom stereocenters. The normalized spacial score (nSPS) is 10.5. The molecule has 4 rings (SSSR count). The third-order valence-corrected chi connectivity index (χ3v) is 5.02. The minimum Gasteiger partial charge on any atom is -0.493 e. The second kappa shape index (κ2) is 10.9. The van der Waals surface area contributed by atoms with Gasteiger partial charge in [-0.2, -0.15) is 0 Å². The fourth-order valence-electron chi connectivity index (χ4n) is 3.25. The van der Waals surface area contributed by atoms with Crippen LogP contribution in [0.2, 0.25) is 0 Å². The number of nitrogens with one attached hydrogen (secondary N) is 2. The van der Waals surface area contributed by atoms with E-state index in [1.165, 1.54) is 0 Å². The number of ether oxygens (including phenoxy) is 1. The number of carbonyl (C=O) groups is 2. The Bertz CT molecular complexity index is 1260. The zero-order chi connectivity index (χ0) is 23.8.